The number of sulfonamides is 1. The van der Waals surface area contributed by atoms with Crippen molar-refractivity contribution in [2.75, 3.05) is 13.2 Å². The van der Waals surface area contributed by atoms with Gasteiger partial charge in [0.15, 0.2) is 0 Å². The van der Waals surface area contributed by atoms with Crippen LogP contribution in [0, 0.1) is 6.92 Å². The van der Waals surface area contributed by atoms with Crippen molar-refractivity contribution in [3.05, 3.63) is 107 Å². The Morgan fingerprint density at radius 3 is 2.49 bits per heavy atom. The van der Waals surface area contributed by atoms with E-state index < -0.39 is 22.5 Å². The monoisotopic (exact) mass is 511 g/mol. The average Bonchev–Trinajstić information content (AvgIpc) is 2.83. The zero-order chi connectivity index (χ0) is 25.3. The van der Waals surface area contributed by atoms with Gasteiger partial charge >= 0.3 is 0 Å². The SMILES string of the molecule is C=CCOc1ccc(/C=N\NC(=O)CN(Cc2cccc(Cl)c2)S(=O)(=O)c2ccc(C)cc2)cc1. The second-order valence-electron chi connectivity index (χ2n) is 7.68. The van der Waals surface area contributed by atoms with E-state index in [-0.39, 0.29) is 11.4 Å². The number of carbonyl (C=O) groups excluding carboxylic acids is 1. The Hall–Kier alpha value is -3.46. The van der Waals surface area contributed by atoms with Crippen molar-refractivity contribution < 1.29 is 17.9 Å². The molecule has 0 unspecified atom stereocenters. The summed E-state index contributed by atoms with van der Waals surface area (Å²) in [7, 11) is -3.96. The Morgan fingerprint density at radius 1 is 1.11 bits per heavy atom. The second-order valence-corrected chi connectivity index (χ2v) is 10.1. The van der Waals surface area contributed by atoms with Gasteiger partial charge in [-0.3, -0.25) is 4.79 Å². The zero-order valence-electron chi connectivity index (χ0n) is 19.2. The van der Waals surface area contributed by atoms with Crippen LogP contribution in [0.4, 0.5) is 0 Å². The maximum absolute atomic E-state index is 13.3. The molecular weight excluding hydrogens is 486 g/mol. The topological polar surface area (TPSA) is 88.1 Å². The van der Waals surface area contributed by atoms with E-state index in [9.17, 15) is 13.2 Å². The minimum atomic E-state index is -3.96. The van der Waals surface area contributed by atoms with Crippen molar-refractivity contribution in [2.45, 2.75) is 18.4 Å². The summed E-state index contributed by atoms with van der Waals surface area (Å²) >= 11 is 6.07. The van der Waals surface area contributed by atoms with Crippen LogP contribution in [0.3, 0.4) is 0 Å². The van der Waals surface area contributed by atoms with Crippen molar-refractivity contribution in [2.24, 2.45) is 5.10 Å². The molecule has 9 heteroatoms. The van der Waals surface area contributed by atoms with Crippen LogP contribution < -0.4 is 10.2 Å². The lowest BCUT2D eigenvalue weighted by atomic mass is 10.2. The van der Waals surface area contributed by atoms with Crippen molar-refractivity contribution >= 4 is 33.7 Å². The zero-order valence-corrected chi connectivity index (χ0v) is 20.8. The number of nitrogens with one attached hydrogen (secondary N) is 1. The molecule has 182 valence electrons. The fourth-order valence-electron chi connectivity index (χ4n) is 3.10. The number of ether oxygens (including phenoxy) is 1. The fourth-order valence-corrected chi connectivity index (χ4v) is 4.70. The Bertz CT molecular complexity index is 1290. The van der Waals surface area contributed by atoms with Crippen LogP contribution in [-0.4, -0.2) is 38.0 Å². The second kappa shape index (κ2) is 12.3. The molecule has 0 radical (unpaired) electrons. The molecule has 7 nitrogen and oxygen atoms in total. The molecule has 0 bridgehead atoms. The number of rotatable bonds is 11. The number of nitrogens with zero attached hydrogens (tertiary/aromatic N) is 2. The van der Waals surface area contributed by atoms with Crippen LogP contribution in [0.2, 0.25) is 5.02 Å². The lowest BCUT2D eigenvalue weighted by Gasteiger charge is -2.21. The molecule has 1 amide bonds. The van der Waals surface area contributed by atoms with Crippen molar-refractivity contribution in [1.82, 2.24) is 9.73 Å². The van der Waals surface area contributed by atoms with Crippen molar-refractivity contribution in [1.29, 1.82) is 0 Å². The summed E-state index contributed by atoms with van der Waals surface area (Å²) in [6, 6.07) is 20.4. The summed E-state index contributed by atoms with van der Waals surface area (Å²) in [5.74, 6) is 0.106. The van der Waals surface area contributed by atoms with E-state index >= 15 is 0 Å². The number of hydrogen-bond donors (Lipinski definition) is 1. The quantitative estimate of drug-likeness (QED) is 0.232. The first kappa shape index (κ1) is 26.2. The van der Waals surface area contributed by atoms with Crippen molar-refractivity contribution in [3.63, 3.8) is 0 Å². The molecule has 1 N–H and O–H groups in total. The molecule has 0 spiro atoms. The lowest BCUT2D eigenvalue weighted by Crippen LogP contribution is -2.39. The molecule has 0 atom stereocenters. The number of benzene rings is 3. The highest BCUT2D eigenvalue weighted by atomic mass is 35.5. The minimum absolute atomic E-state index is 0.0277. The predicted molar refractivity (Wildman–Crippen MR) is 138 cm³/mol. The van der Waals surface area contributed by atoms with Gasteiger partial charge in [-0.05, 0) is 66.6 Å². The smallest absolute Gasteiger partial charge is 0.255 e. The fraction of sp³-hybridized carbons (Fsp3) is 0.154. The minimum Gasteiger partial charge on any atom is -0.490 e. The van der Waals surface area contributed by atoms with Gasteiger partial charge in [-0.2, -0.15) is 9.41 Å². The van der Waals surface area contributed by atoms with Gasteiger partial charge in [0.25, 0.3) is 5.91 Å². The Morgan fingerprint density at radius 2 is 1.83 bits per heavy atom. The van der Waals surface area contributed by atoms with Gasteiger partial charge in [0.2, 0.25) is 10.0 Å². The van der Waals surface area contributed by atoms with E-state index in [0.29, 0.717) is 22.9 Å². The van der Waals surface area contributed by atoms with Crippen LogP contribution in [0.5, 0.6) is 5.75 Å². The van der Waals surface area contributed by atoms with Crippen molar-refractivity contribution in [3.8, 4) is 5.75 Å². The van der Waals surface area contributed by atoms with E-state index in [1.165, 1.54) is 18.3 Å². The summed E-state index contributed by atoms with van der Waals surface area (Å²) in [5, 5.41) is 4.43. The van der Waals surface area contributed by atoms with E-state index in [2.05, 4.69) is 17.1 Å². The number of hydrogen-bond acceptors (Lipinski definition) is 5. The molecular formula is C26H26ClN3O4S. The highest BCUT2D eigenvalue weighted by molar-refractivity contribution is 7.89. The summed E-state index contributed by atoms with van der Waals surface area (Å²) in [6.45, 7) is 5.42. The summed E-state index contributed by atoms with van der Waals surface area (Å²) < 4.78 is 33.2. The third-order valence-corrected chi connectivity index (χ3v) is 6.92. The predicted octanol–water partition coefficient (Wildman–Crippen LogP) is 4.55. The maximum Gasteiger partial charge on any atom is 0.255 e. The summed E-state index contributed by atoms with van der Waals surface area (Å²) in [4.78, 5) is 12.7. The molecule has 0 heterocycles. The van der Waals surface area contributed by atoms with Gasteiger partial charge < -0.3 is 4.74 Å². The van der Waals surface area contributed by atoms with E-state index in [1.807, 2.05) is 6.92 Å². The first-order valence-electron chi connectivity index (χ1n) is 10.7. The molecule has 0 saturated carbocycles. The van der Waals surface area contributed by atoms with Gasteiger partial charge in [-0.15, -0.1) is 0 Å². The number of halogens is 1. The van der Waals surface area contributed by atoms with E-state index in [4.69, 9.17) is 16.3 Å². The third kappa shape index (κ3) is 7.78. The Labute approximate surface area is 210 Å². The van der Waals surface area contributed by atoms with E-state index in [0.717, 1.165) is 15.4 Å². The molecule has 0 fully saturated rings. The van der Waals surface area contributed by atoms with Gasteiger partial charge in [0.05, 0.1) is 17.7 Å². The van der Waals surface area contributed by atoms with Crippen LogP contribution >= 0.6 is 11.6 Å². The Kier molecular flexibility index (Phi) is 9.19. The number of carbonyl (C=O) groups is 1. The van der Waals surface area contributed by atoms with Crippen LogP contribution in [-0.2, 0) is 21.4 Å². The maximum atomic E-state index is 13.3. The van der Waals surface area contributed by atoms with Crippen LogP contribution in [0.15, 0.2) is 95.4 Å². The van der Waals surface area contributed by atoms with Gasteiger partial charge in [-0.25, -0.2) is 13.8 Å². The molecule has 3 aromatic carbocycles. The standard InChI is InChI=1S/C26H26ClN3O4S/c1-3-15-34-24-11-9-21(10-12-24)17-28-29-26(31)19-30(18-22-5-4-6-23(27)16-22)35(32,33)25-13-7-20(2)8-14-25/h3-14,16-17H,1,15,18-19H2,2H3,(H,29,31)/b28-17-. The average molecular weight is 512 g/mol. The van der Waals surface area contributed by atoms with Gasteiger partial charge in [-0.1, -0.05) is 54.1 Å². The first-order chi connectivity index (χ1) is 16.8. The van der Waals surface area contributed by atoms with Crippen LogP contribution in [0.25, 0.3) is 0 Å². The number of amides is 1. The molecule has 0 aliphatic heterocycles. The van der Waals surface area contributed by atoms with E-state index in [1.54, 1.807) is 66.7 Å². The molecule has 0 aromatic heterocycles. The third-order valence-electron chi connectivity index (χ3n) is 4.88. The van der Waals surface area contributed by atoms with Crippen LogP contribution in [0.1, 0.15) is 16.7 Å². The highest BCUT2D eigenvalue weighted by Crippen LogP contribution is 2.20. The number of aryl methyl sites for hydroxylation is 1. The molecule has 0 aliphatic carbocycles. The normalized spacial score (nSPS) is 11.5. The molecule has 3 aromatic rings. The first-order valence-corrected chi connectivity index (χ1v) is 12.6. The highest BCUT2D eigenvalue weighted by Gasteiger charge is 2.27. The number of hydrazone groups is 1. The summed E-state index contributed by atoms with van der Waals surface area (Å²) in [6.07, 6.45) is 3.12. The van der Waals surface area contributed by atoms with Gasteiger partial charge in [0.1, 0.15) is 12.4 Å². The summed E-state index contributed by atoms with van der Waals surface area (Å²) in [5.41, 5.74) is 4.71. The molecule has 0 aliphatic rings. The largest absolute Gasteiger partial charge is 0.490 e. The molecule has 35 heavy (non-hydrogen) atoms. The molecule has 0 saturated heterocycles. The van der Waals surface area contributed by atoms with Gasteiger partial charge in [0, 0.05) is 11.6 Å². The lowest BCUT2D eigenvalue weighted by molar-refractivity contribution is -0.121. The molecule has 3 rings (SSSR count). The Balaban J connectivity index is 1.72.